The minimum Gasteiger partial charge on any atom is -0.0654 e. The fourth-order valence-corrected chi connectivity index (χ4v) is 4.92. The topological polar surface area (TPSA) is 0 Å². The lowest BCUT2D eigenvalue weighted by Crippen LogP contribution is -2.11. The maximum atomic E-state index is 2.87. The van der Waals surface area contributed by atoms with Crippen molar-refractivity contribution in [1.82, 2.24) is 0 Å². The summed E-state index contributed by atoms with van der Waals surface area (Å²) in [4.78, 5) is 0. The second-order valence-corrected chi connectivity index (χ2v) is 10.2. The summed E-state index contributed by atoms with van der Waals surface area (Å²) in [5, 5.41) is 0. The first kappa shape index (κ1) is 30.0. The van der Waals surface area contributed by atoms with E-state index in [9.17, 15) is 0 Å². The molecule has 0 bridgehead atoms. The Balaban J connectivity index is 4.41. The molecule has 0 aromatic carbocycles. The van der Waals surface area contributed by atoms with Crippen molar-refractivity contribution >= 4 is 0 Å². The molecule has 2 atom stereocenters. The first-order valence-corrected chi connectivity index (χ1v) is 14.6. The summed E-state index contributed by atoms with van der Waals surface area (Å²) < 4.78 is 0. The molecule has 181 valence electrons. The van der Waals surface area contributed by atoms with Gasteiger partial charge in [0.1, 0.15) is 0 Å². The van der Waals surface area contributed by atoms with E-state index in [-0.39, 0.29) is 0 Å². The lowest BCUT2D eigenvalue weighted by Gasteiger charge is -2.24. The Morgan fingerprint density at radius 1 is 0.333 bits per heavy atom. The van der Waals surface area contributed by atoms with Crippen LogP contribution in [0.1, 0.15) is 175 Å². The zero-order valence-electron chi connectivity index (χ0n) is 22.0. The van der Waals surface area contributed by atoms with Gasteiger partial charge in [-0.05, 0) is 18.3 Å². The quantitative estimate of drug-likeness (QED) is 0.128. The summed E-state index contributed by atoms with van der Waals surface area (Å²) in [6, 6.07) is 0. The highest BCUT2D eigenvalue weighted by Gasteiger charge is 2.17. The molecule has 0 heterocycles. The molecule has 0 saturated heterocycles. The molecule has 0 nitrogen and oxygen atoms in total. The standard InChI is InChI=1S/C30H61/c1-5-9-13-16-18-22-26-29(24-20-12-8-4)28-30(25-21-15-11-7-3)27-23-19-17-14-10-6-2/h28-30H,5-27H2,1-4H3. The van der Waals surface area contributed by atoms with Crippen LogP contribution in [-0.4, -0.2) is 0 Å². The molecule has 0 aliphatic heterocycles. The highest BCUT2D eigenvalue weighted by atomic mass is 14.2. The van der Waals surface area contributed by atoms with Crippen LogP contribution in [0.5, 0.6) is 0 Å². The third-order valence-electron chi connectivity index (χ3n) is 7.01. The molecule has 0 aliphatic carbocycles. The van der Waals surface area contributed by atoms with Crippen LogP contribution in [0.25, 0.3) is 0 Å². The van der Waals surface area contributed by atoms with E-state index in [1.54, 1.807) is 0 Å². The highest BCUT2D eigenvalue weighted by Crippen LogP contribution is 2.30. The van der Waals surface area contributed by atoms with Gasteiger partial charge in [0.25, 0.3) is 0 Å². The molecule has 0 aromatic heterocycles. The molecule has 0 N–H and O–H groups in total. The van der Waals surface area contributed by atoms with Crippen molar-refractivity contribution in [3.05, 3.63) is 6.42 Å². The summed E-state index contributed by atoms with van der Waals surface area (Å²) >= 11 is 0. The van der Waals surface area contributed by atoms with Crippen molar-refractivity contribution in [2.75, 3.05) is 0 Å². The summed E-state index contributed by atoms with van der Waals surface area (Å²) in [6.07, 6.45) is 36.0. The average molecular weight is 422 g/mol. The minimum atomic E-state index is 0.902. The van der Waals surface area contributed by atoms with E-state index in [1.807, 2.05) is 0 Å². The van der Waals surface area contributed by atoms with E-state index in [0.717, 1.165) is 11.8 Å². The molecule has 0 amide bonds. The monoisotopic (exact) mass is 421 g/mol. The predicted molar refractivity (Wildman–Crippen MR) is 140 cm³/mol. The fourth-order valence-electron chi connectivity index (χ4n) is 4.92. The Labute approximate surface area is 193 Å². The van der Waals surface area contributed by atoms with Crippen molar-refractivity contribution < 1.29 is 0 Å². The van der Waals surface area contributed by atoms with Crippen molar-refractivity contribution in [3.8, 4) is 0 Å². The summed E-state index contributed by atoms with van der Waals surface area (Å²) in [5.41, 5.74) is 0. The number of hydrogen-bond acceptors (Lipinski definition) is 0. The fraction of sp³-hybridized carbons (Fsp3) is 0.967. The van der Waals surface area contributed by atoms with Crippen LogP contribution in [0.15, 0.2) is 0 Å². The van der Waals surface area contributed by atoms with Crippen LogP contribution >= 0.6 is 0 Å². The lowest BCUT2D eigenvalue weighted by molar-refractivity contribution is 0.366. The maximum Gasteiger partial charge on any atom is -0.0324 e. The lowest BCUT2D eigenvalue weighted by atomic mass is 9.82. The van der Waals surface area contributed by atoms with Crippen LogP contribution in [0.2, 0.25) is 0 Å². The molecule has 0 heteroatoms. The van der Waals surface area contributed by atoms with Gasteiger partial charge in [0.2, 0.25) is 0 Å². The van der Waals surface area contributed by atoms with Crippen molar-refractivity contribution in [1.29, 1.82) is 0 Å². The molecule has 2 unspecified atom stereocenters. The molecule has 0 spiro atoms. The molecule has 1 radical (unpaired) electrons. The van der Waals surface area contributed by atoms with Gasteiger partial charge < -0.3 is 0 Å². The minimum absolute atomic E-state index is 0.902. The smallest absolute Gasteiger partial charge is 0.0324 e. The van der Waals surface area contributed by atoms with Gasteiger partial charge in [0.05, 0.1) is 0 Å². The van der Waals surface area contributed by atoms with Crippen LogP contribution in [0.3, 0.4) is 0 Å². The third kappa shape index (κ3) is 21.2. The van der Waals surface area contributed by atoms with Crippen LogP contribution in [0.4, 0.5) is 0 Å². The molecule has 0 fully saturated rings. The van der Waals surface area contributed by atoms with Gasteiger partial charge in [0.15, 0.2) is 0 Å². The molecular formula is C30H61. The largest absolute Gasteiger partial charge is 0.0654 e. The number of rotatable bonds is 25. The van der Waals surface area contributed by atoms with E-state index in [1.165, 1.54) is 148 Å². The van der Waals surface area contributed by atoms with Crippen molar-refractivity contribution in [2.45, 2.75) is 175 Å². The Morgan fingerprint density at radius 3 is 0.933 bits per heavy atom. The predicted octanol–water partition coefficient (Wildman–Crippen LogP) is 11.5. The second-order valence-electron chi connectivity index (χ2n) is 10.2. The van der Waals surface area contributed by atoms with E-state index in [4.69, 9.17) is 0 Å². The van der Waals surface area contributed by atoms with E-state index < -0.39 is 0 Å². The maximum absolute atomic E-state index is 2.87. The Morgan fingerprint density at radius 2 is 0.567 bits per heavy atom. The van der Waals surface area contributed by atoms with Crippen molar-refractivity contribution in [2.24, 2.45) is 11.8 Å². The number of unbranched alkanes of at least 4 members (excludes halogenated alkanes) is 15. The molecule has 30 heavy (non-hydrogen) atoms. The normalized spacial score (nSPS) is 13.6. The van der Waals surface area contributed by atoms with Crippen molar-refractivity contribution in [3.63, 3.8) is 0 Å². The molecule has 0 saturated carbocycles. The molecular weight excluding hydrogens is 360 g/mol. The molecule has 0 aromatic rings. The molecule has 0 rings (SSSR count). The van der Waals surface area contributed by atoms with Crippen LogP contribution < -0.4 is 0 Å². The van der Waals surface area contributed by atoms with Gasteiger partial charge in [0, 0.05) is 0 Å². The van der Waals surface area contributed by atoms with Gasteiger partial charge in [-0.25, -0.2) is 0 Å². The van der Waals surface area contributed by atoms with Crippen LogP contribution in [-0.2, 0) is 0 Å². The summed E-state index contributed by atoms with van der Waals surface area (Å²) in [5.74, 6) is 1.80. The van der Waals surface area contributed by atoms with E-state index >= 15 is 0 Å². The SMILES string of the molecule is CCCCCCCCC([CH]C(CCCCCC)CCCCCCCC)CCCCC. The van der Waals surface area contributed by atoms with Gasteiger partial charge in [-0.1, -0.05) is 175 Å². The number of hydrogen-bond donors (Lipinski definition) is 0. The van der Waals surface area contributed by atoms with E-state index in [2.05, 4.69) is 34.1 Å². The zero-order chi connectivity index (χ0) is 22.1. The zero-order valence-corrected chi connectivity index (χ0v) is 22.0. The highest BCUT2D eigenvalue weighted by molar-refractivity contribution is 4.84. The van der Waals surface area contributed by atoms with Gasteiger partial charge in [-0.2, -0.15) is 0 Å². The van der Waals surface area contributed by atoms with Crippen LogP contribution in [0, 0.1) is 18.3 Å². The van der Waals surface area contributed by atoms with Gasteiger partial charge >= 0.3 is 0 Å². The first-order chi connectivity index (χ1) is 14.8. The van der Waals surface area contributed by atoms with Gasteiger partial charge in [-0.15, -0.1) is 0 Å². The average Bonchev–Trinajstić information content (AvgIpc) is 2.75. The molecule has 0 aliphatic rings. The second kappa shape index (κ2) is 25.3. The summed E-state index contributed by atoms with van der Waals surface area (Å²) in [6.45, 7) is 9.33. The van der Waals surface area contributed by atoms with Gasteiger partial charge in [-0.3, -0.25) is 0 Å². The summed E-state index contributed by atoms with van der Waals surface area (Å²) in [7, 11) is 0. The third-order valence-corrected chi connectivity index (χ3v) is 7.01. The first-order valence-electron chi connectivity index (χ1n) is 14.6. The Kier molecular flexibility index (Phi) is 25.3. The Bertz CT molecular complexity index is 294. The Hall–Kier alpha value is 0. The van der Waals surface area contributed by atoms with E-state index in [0.29, 0.717) is 0 Å².